The minimum absolute atomic E-state index is 0.310. The van der Waals surface area contributed by atoms with E-state index in [0.717, 1.165) is 6.07 Å². The van der Waals surface area contributed by atoms with Crippen LogP contribution in [-0.2, 0) is 13.5 Å². The third-order valence-corrected chi connectivity index (χ3v) is 3.05. The monoisotopic (exact) mass is 267 g/mol. The van der Waals surface area contributed by atoms with Crippen molar-refractivity contribution in [3.63, 3.8) is 0 Å². The third kappa shape index (κ3) is 2.77. The first-order valence-electron chi connectivity index (χ1n) is 5.77. The second-order valence-electron chi connectivity index (χ2n) is 4.35. The number of hydrogen-bond donors (Lipinski definition) is 2. The molecule has 1 atom stereocenters. The largest absolute Gasteiger partial charge is 0.271 e. The maximum absolute atomic E-state index is 13.8. The molecule has 0 radical (unpaired) electrons. The lowest BCUT2D eigenvalue weighted by Crippen LogP contribution is -2.31. The highest BCUT2D eigenvalue weighted by Crippen LogP contribution is 2.22. The lowest BCUT2D eigenvalue weighted by Gasteiger charge is -2.17. The van der Waals surface area contributed by atoms with Crippen LogP contribution in [0.5, 0.6) is 0 Å². The van der Waals surface area contributed by atoms with Crippen molar-refractivity contribution in [2.45, 2.75) is 19.4 Å². The molecule has 5 nitrogen and oxygen atoms in total. The number of halogens is 2. The van der Waals surface area contributed by atoms with E-state index < -0.39 is 17.7 Å². The molecule has 1 aromatic carbocycles. The summed E-state index contributed by atoms with van der Waals surface area (Å²) in [5.41, 5.74) is 3.21. The van der Waals surface area contributed by atoms with Gasteiger partial charge in [-0.05, 0) is 18.6 Å². The van der Waals surface area contributed by atoms with Gasteiger partial charge in [0.1, 0.15) is 23.8 Å². The van der Waals surface area contributed by atoms with Gasteiger partial charge < -0.3 is 0 Å². The number of nitrogens with zero attached hydrogens (tertiary/aromatic N) is 3. The number of rotatable bonds is 4. The van der Waals surface area contributed by atoms with Crippen molar-refractivity contribution in [3.05, 3.63) is 47.0 Å². The first-order valence-corrected chi connectivity index (χ1v) is 5.77. The lowest BCUT2D eigenvalue weighted by molar-refractivity contribution is 0.485. The van der Waals surface area contributed by atoms with Gasteiger partial charge in [0, 0.05) is 25.1 Å². The predicted octanol–water partition coefficient (Wildman–Crippen LogP) is 1.15. The molecule has 7 heteroatoms. The van der Waals surface area contributed by atoms with Gasteiger partial charge in [0.05, 0.1) is 6.04 Å². The van der Waals surface area contributed by atoms with E-state index >= 15 is 0 Å². The number of aromatic nitrogens is 3. The Labute approximate surface area is 109 Å². The van der Waals surface area contributed by atoms with Crippen LogP contribution in [0.1, 0.15) is 23.0 Å². The lowest BCUT2D eigenvalue weighted by atomic mass is 10.0. The van der Waals surface area contributed by atoms with Crippen molar-refractivity contribution in [1.29, 1.82) is 0 Å². The van der Waals surface area contributed by atoms with E-state index in [1.807, 2.05) is 0 Å². The summed E-state index contributed by atoms with van der Waals surface area (Å²) in [6.45, 7) is 1.58. The van der Waals surface area contributed by atoms with Crippen molar-refractivity contribution < 1.29 is 8.78 Å². The predicted molar refractivity (Wildman–Crippen MR) is 65.9 cm³/mol. The van der Waals surface area contributed by atoms with Gasteiger partial charge in [-0.15, -0.1) is 0 Å². The van der Waals surface area contributed by atoms with Gasteiger partial charge in [-0.1, -0.05) is 0 Å². The molecule has 1 unspecified atom stereocenters. The molecule has 3 N–H and O–H groups in total. The maximum Gasteiger partial charge on any atom is 0.138 e. The number of hydrazine groups is 1. The number of nitrogens with two attached hydrogens (primary N) is 1. The molecule has 2 aromatic rings. The molecule has 1 aromatic heterocycles. The number of benzene rings is 1. The molecule has 0 aliphatic carbocycles. The van der Waals surface area contributed by atoms with Crippen molar-refractivity contribution in [1.82, 2.24) is 20.2 Å². The second kappa shape index (κ2) is 5.41. The van der Waals surface area contributed by atoms with Crippen LogP contribution in [0, 0.1) is 18.6 Å². The Morgan fingerprint density at radius 3 is 2.68 bits per heavy atom. The zero-order valence-electron chi connectivity index (χ0n) is 10.7. The van der Waals surface area contributed by atoms with Crippen LogP contribution >= 0.6 is 0 Å². The fourth-order valence-electron chi connectivity index (χ4n) is 1.89. The quantitative estimate of drug-likeness (QED) is 0.644. The molecule has 19 heavy (non-hydrogen) atoms. The van der Waals surface area contributed by atoms with E-state index in [9.17, 15) is 8.78 Å². The Balaban J connectivity index is 2.32. The zero-order valence-corrected chi connectivity index (χ0v) is 10.7. The van der Waals surface area contributed by atoms with Gasteiger partial charge in [0.25, 0.3) is 0 Å². The summed E-state index contributed by atoms with van der Waals surface area (Å²) in [6, 6.07) is 1.82. The highest BCUT2D eigenvalue weighted by Gasteiger charge is 2.19. The summed E-state index contributed by atoms with van der Waals surface area (Å²) in [5.74, 6) is 4.91. The molecule has 0 amide bonds. The average Bonchev–Trinajstić information content (AvgIpc) is 2.77. The molecule has 0 spiro atoms. The Morgan fingerprint density at radius 1 is 1.37 bits per heavy atom. The summed E-state index contributed by atoms with van der Waals surface area (Å²) in [4.78, 5) is 4.06. The van der Waals surface area contributed by atoms with Gasteiger partial charge in [-0.25, -0.2) is 13.8 Å². The summed E-state index contributed by atoms with van der Waals surface area (Å²) in [7, 11) is 1.74. The standard InChI is InChI=1S/C12H15F2N5/c1-7-3-8(10(14)4-9(7)13)11(18-15)5-12-16-6-17-19(12)2/h3-4,6,11,18H,5,15H2,1-2H3. The van der Waals surface area contributed by atoms with Crippen LogP contribution in [0.4, 0.5) is 8.78 Å². The Bertz CT molecular complexity index is 581. The van der Waals surface area contributed by atoms with Crippen LogP contribution in [0.3, 0.4) is 0 Å². The SMILES string of the molecule is Cc1cc(C(Cc2ncnn2C)NN)c(F)cc1F. The molecule has 2 rings (SSSR count). The van der Waals surface area contributed by atoms with E-state index in [2.05, 4.69) is 15.5 Å². The van der Waals surface area contributed by atoms with Gasteiger partial charge in [-0.3, -0.25) is 16.0 Å². The molecular weight excluding hydrogens is 252 g/mol. The smallest absolute Gasteiger partial charge is 0.138 e. The first-order chi connectivity index (χ1) is 9.02. The number of aryl methyl sites for hydroxylation is 2. The summed E-state index contributed by atoms with van der Waals surface area (Å²) in [5, 5.41) is 3.93. The van der Waals surface area contributed by atoms with Crippen molar-refractivity contribution >= 4 is 0 Å². The van der Waals surface area contributed by atoms with E-state index in [1.165, 1.54) is 12.4 Å². The maximum atomic E-state index is 13.8. The molecule has 1 heterocycles. The van der Waals surface area contributed by atoms with Crippen molar-refractivity contribution in [2.24, 2.45) is 12.9 Å². The van der Waals surface area contributed by atoms with Crippen LogP contribution in [0.25, 0.3) is 0 Å². The van der Waals surface area contributed by atoms with Crippen LogP contribution in [0.2, 0.25) is 0 Å². The highest BCUT2D eigenvalue weighted by molar-refractivity contribution is 5.28. The van der Waals surface area contributed by atoms with E-state index in [1.54, 1.807) is 18.7 Å². The first kappa shape index (κ1) is 13.6. The number of hydrogen-bond acceptors (Lipinski definition) is 4. The molecule has 0 aliphatic heterocycles. The molecule has 0 saturated carbocycles. The molecular formula is C12H15F2N5. The number of nitrogens with one attached hydrogen (secondary N) is 1. The Morgan fingerprint density at radius 2 is 2.11 bits per heavy atom. The summed E-state index contributed by atoms with van der Waals surface area (Å²) >= 11 is 0. The van der Waals surface area contributed by atoms with E-state index in [-0.39, 0.29) is 0 Å². The van der Waals surface area contributed by atoms with Crippen LogP contribution < -0.4 is 11.3 Å². The minimum atomic E-state index is -0.631. The van der Waals surface area contributed by atoms with Crippen LogP contribution in [0.15, 0.2) is 18.5 Å². The Kier molecular flexibility index (Phi) is 3.87. The van der Waals surface area contributed by atoms with E-state index in [4.69, 9.17) is 5.84 Å². The minimum Gasteiger partial charge on any atom is -0.271 e. The van der Waals surface area contributed by atoms with Crippen molar-refractivity contribution in [2.75, 3.05) is 0 Å². The fourth-order valence-corrected chi connectivity index (χ4v) is 1.89. The van der Waals surface area contributed by atoms with Crippen molar-refractivity contribution in [3.8, 4) is 0 Å². The Hall–Kier alpha value is -1.86. The highest BCUT2D eigenvalue weighted by atomic mass is 19.1. The summed E-state index contributed by atoms with van der Waals surface area (Å²) < 4.78 is 28.7. The molecule has 0 fully saturated rings. The normalized spacial score (nSPS) is 12.7. The van der Waals surface area contributed by atoms with Gasteiger partial charge in [0.15, 0.2) is 0 Å². The molecule has 0 aliphatic rings. The molecule has 0 saturated heterocycles. The van der Waals surface area contributed by atoms with Gasteiger partial charge in [0.2, 0.25) is 0 Å². The topological polar surface area (TPSA) is 68.8 Å². The zero-order chi connectivity index (χ0) is 14.0. The van der Waals surface area contributed by atoms with Gasteiger partial charge >= 0.3 is 0 Å². The summed E-state index contributed by atoms with van der Waals surface area (Å²) in [6.07, 6.45) is 1.77. The molecule has 0 bridgehead atoms. The fraction of sp³-hybridized carbons (Fsp3) is 0.333. The van der Waals surface area contributed by atoms with Gasteiger partial charge in [-0.2, -0.15) is 5.10 Å². The molecule has 102 valence electrons. The second-order valence-corrected chi connectivity index (χ2v) is 4.35. The average molecular weight is 267 g/mol. The van der Waals surface area contributed by atoms with E-state index in [0.29, 0.717) is 23.4 Å². The third-order valence-electron chi connectivity index (χ3n) is 3.05. The van der Waals surface area contributed by atoms with Crippen LogP contribution in [-0.4, -0.2) is 14.8 Å².